The lowest BCUT2D eigenvalue weighted by atomic mass is 9.85. The highest BCUT2D eigenvalue weighted by Crippen LogP contribution is 2.45. The molecule has 7 rings (SSSR count). The van der Waals surface area contributed by atoms with Gasteiger partial charge in [0.2, 0.25) is 17.7 Å². The molecule has 2 aliphatic rings. The molecular formula is C53H51F9N8O7S2. The van der Waals surface area contributed by atoms with Gasteiger partial charge in [-0.05, 0) is 92.7 Å². The molecular weight excluding hydrogens is 1100 g/mol. The van der Waals surface area contributed by atoms with E-state index in [0.717, 1.165) is 46.6 Å². The Kier molecular flexibility index (Phi) is 17.5. The third kappa shape index (κ3) is 12.8. The number of ether oxygens (including phenoxy) is 2. The number of aryl methyl sites for hydroxylation is 1. The first kappa shape index (κ1) is 59.5. The maximum absolute atomic E-state index is 15.5. The summed E-state index contributed by atoms with van der Waals surface area (Å²) in [5, 5.41) is 24.5. The standard InChI is InChI=1S/C53H51F9N8O7S2/c1-27-44(79-26-66-27)29-11-9-28(10-12-29)22-65-46(73)38-20-33(71)24-68(38)47(74)45(50(2,3)4)67-39(72)25-76-15-7-8-16-77-43-35(54)17-31(18-36(43)55)42-34(52(57,58)59)19-32(23-64-42)70-49(78)69(48(75)51(70,5)6)37-14-13-30(21-63)40(41(37)56)53(60,61)62/h9-14,17-19,23,26,33,38,45,71H,7-8,15-16,20,22,24-25H2,1-6H3,(H,65,73)(H,67,72)/t33-,38+,45-/m1/s1. The number of carbonyl (C=O) groups excluding carboxylic acids is 4. The summed E-state index contributed by atoms with van der Waals surface area (Å²) in [7, 11) is 0. The summed E-state index contributed by atoms with van der Waals surface area (Å²) in [6, 6.07) is 9.50. The number of halogens is 9. The van der Waals surface area contributed by atoms with Crippen LogP contribution in [0.5, 0.6) is 5.75 Å². The number of thiocarbonyl (C=S) groups is 1. The predicted octanol–water partition coefficient (Wildman–Crippen LogP) is 9.41. The normalized spacial score (nSPS) is 17.0. The zero-order valence-electron chi connectivity index (χ0n) is 43.0. The fraction of sp³-hybridized carbons (Fsp3) is 0.396. The minimum Gasteiger partial charge on any atom is -0.488 e. The zero-order valence-corrected chi connectivity index (χ0v) is 44.7. The molecule has 5 aromatic rings. The quantitative estimate of drug-likeness (QED) is 0.0455. The van der Waals surface area contributed by atoms with Gasteiger partial charge < -0.3 is 35.0 Å². The Balaban J connectivity index is 0.925. The Bertz CT molecular complexity index is 3190. The van der Waals surface area contributed by atoms with E-state index in [2.05, 4.69) is 20.6 Å². The van der Waals surface area contributed by atoms with E-state index in [0.29, 0.717) is 35.2 Å². The maximum Gasteiger partial charge on any atom is 0.420 e. The number of nitrogens with zero attached hydrogens (tertiary/aromatic N) is 6. The van der Waals surface area contributed by atoms with Gasteiger partial charge in [-0.15, -0.1) is 11.3 Å². The number of hydrogen-bond acceptors (Lipinski definition) is 12. The van der Waals surface area contributed by atoms with Gasteiger partial charge in [0, 0.05) is 31.7 Å². The van der Waals surface area contributed by atoms with Gasteiger partial charge in [-0.3, -0.25) is 29.1 Å². The molecule has 0 aliphatic carbocycles. The van der Waals surface area contributed by atoms with Crippen molar-refractivity contribution in [3.8, 4) is 33.5 Å². The number of nitrogens with one attached hydrogen (secondary N) is 2. The fourth-order valence-corrected chi connectivity index (χ4v) is 10.4. The number of aliphatic hydroxyl groups excluding tert-OH is 1. The number of unbranched alkanes of at least 4 members (excludes halogenated alkanes) is 1. The number of anilines is 2. The molecule has 0 bridgehead atoms. The van der Waals surface area contributed by atoms with E-state index >= 15 is 13.2 Å². The maximum atomic E-state index is 15.5. The van der Waals surface area contributed by atoms with Crippen molar-refractivity contribution in [2.45, 2.75) is 103 Å². The molecule has 0 saturated carbocycles. The summed E-state index contributed by atoms with van der Waals surface area (Å²) in [5.41, 5.74) is -6.28. The first-order chi connectivity index (χ1) is 36.9. The average molecular weight is 1150 g/mol. The number of alkyl halides is 6. The van der Waals surface area contributed by atoms with Crippen molar-refractivity contribution >= 4 is 63.7 Å². The SMILES string of the molecule is Cc1ncsc1-c1ccc(CNC(=O)[C@@H]2C[C@@H](O)CN2C(=O)[C@@H](NC(=O)COCCCCOc2c(F)cc(-c3ncc(N4C(=S)N(c5ccc(C#N)c(C(F)(F)F)c5F)C(=O)C4(C)C)cc3C(F)(F)F)cc2F)C(C)(C)C)cc1. The molecule has 3 N–H and O–H groups in total. The number of thiazole rings is 1. The summed E-state index contributed by atoms with van der Waals surface area (Å²) >= 11 is 6.84. The number of amides is 4. The smallest absolute Gasteiger partial charge is 0.420 e. The molecule has 0 unspecified atom stereocenters. The summed E-state index contributed by atoms with van der Waals surface area (Å²) in [4.78, 5) is 65.7. The van der Waals surface area contributed by atoms with Crippen LogP contribution >= 0.6 is 23.6 Å². The number of benzene rings is 3. The third-order valence-electron chi connectivity index (χ3n) is 13.0. The molecule has 2 saturated heterocycles. The number of nitriles is 1. The van der Waals surface area contributed by atoms with Gasteiger partial charge in [0.15, 0.2) is 28.3 Å². The number of likely N-dealkylation sites (tertiary alicyclic amines) is 1. The second kappa shape index (κ2) is 23.2. The molecule has 0 spiro atoms. The predicted molar refractivity (Wildman–Crippen MR) is 275 cm³/mol. The average Bonchev–Trinajstić information content (AvgIpc) is 4.27. The number of rotatable bonds is 17. The number of β-amino-alcohol motifs (C(OH)–C–C–N with tert-alkyl or cyclic N) is 1. The van der Waals surface area contributed by atoms with Gasteiger partial charge in [-0.25, -0.2) is 18.2 Å². The highest BCUT2D eigenvalue weighted by molar-refractivity contribution is 7.81. The van der Waals surface area contributed by atoms with Crippen LogP contribution < -0.4 is 25.2 Å². The van der Waals surface area contributed by atoms with Crippen LogP contribution in [0.1, 0.15) is 81.8 Å². The molecule has 2 fully saturated rings. The van der Waals surface area contributed by atoms with Crippen molar-refractivity contribution in [2.75, 3.05) is 36.2 Å². The van der Waals surface area contributed by atoms with Crippen molar-refractivity contribution in [1.82, 2.24) is 25.5 Å². The lowest BCUT2D eigenvalue weighted by Gasteiger charge is -2.35. The van der Waals surface area contributed by atoms with Crippen molar-refractivity contribution < 1.29 is 73.3 Å². The Morgan fingerprint density at radius 1 is 0.949 bits per heavy atom. The molecule has 4 amide bonds. The van der Waals surface area contributed by atoms with Crippen molar-refractivity contribution in [1.29, 1.82) is 5.26 Å². The van der Waals surface area contributed by atoms with E-state index in [9.17, 15) is 55.9 Å². The molecule has 3 atom stereocenters. The van der Waals surface area contributed by atoms with E-state index in [-0.39, 0.29) is 45.6 Å². The van der Waals surface area contributed by atoms with Crippen LogP contribution in [-0.4, -0.2) is 98.8 Å². The van der Waals surface area contributed by atoms with Crippen LogP contribution in [0.4, 0.5) is 50.9 Å². The van der Waals surface area contributed by atoms with Crippen LogP contribution in [0.2, 0.25) is 0 Å². The number of pyridine rings is 1. The summed E-state index contributed by atoms with van der Waals surface area (Å²) in [6.45, 7) is 8.51. The minimum absolute atomic E-state index is 0.0130. The number of aliphatic hydroxyl groups is 1. The van der Waals surface area contributed by atoms with Gasteiger partial charge in [-0.2, -0.15) is 31.6 Å². The lowest BCUT2D eigenvalue weighted by Crippen LogP contribution is -2.58. The summed E-state index contributed by atoms with van der Waals surface area (Å²) < 4.78 is 143. The van der Waals surface area contributed by atoms with Crippen molar-refractivity contribution in [3.05, 3.63) is 112 Å². The van der Waals surface area contributed by atoms with Gasteiger partial charge >= 0.3 is 12.4 Å². The molecule has 0 radical (unpaired) electrons. The molecule has 3 aromatic carbocycles. The molecule has 4 heterocycles. The van der Waals surface area contributed by atoms with E-state index in [1.165, 1.54) is 22.3 Å². The van der Waals surface area contributed by atoms with Gasteiger partial charge in [0.05, 0.1) is 69.3 Å². The Labute approximate surface area is 456 Å². The minimum atomic E-state index is -5.39. The summed E-state index contributed by atoms with van der Waals surface area (Å²) in [6.07, 6.45) is -10.6. The third-order valence-corrected chi connectivity index (χ3v) is 14.4. The fourth-order valence-electron chi connectivity index (χ4n) is 9.03. The second-order valence-corrected chi connectivity index (χ2v) is 21.4. The zero-order chi connectivity index (χ0) is 58.1. The molecule has 26 heteroatoms. The van der Waals surface area contributed by atoms with Crippen LogP contribution in [0.3, 0.4) is 0 Å². The number of aromatic nitrogens is 2. The Hall–Kier alpha value is -7.21. The van der Waals surface area contributed by atoms with Crippen molar-refractivity contribution in [2.24, 2.45) is 5.41 Å². The first-order valence-corrected chi connectivity index (χ1v) is 25.5. The highest BCUT2D eigenvalue weighted by atomic mass is 32.1. The van der Waals surface area contributed by atoms with E-state index < -0.39 is 139 Å². The van der Waals surface area contributed by atoms with Gasteiger partial charge in [0.1, 0.15) is 29.8 Å². The number of carbonyl (C=O) groups is 4. The lowest BCUT2D eigenvalue weighted by molar-refractivity contribution is -0.144. The van der Waals surface area contributed by atoms with Crippen LogP contribution in [0.25, 0.3) is 21.7 Å². The van der Waals surface area contributed by atoms with Gasteiger partial charge in [-0.1, -0.05) is 45.0 Å². The van der Waals surface area contributed by atoms with E-state index in [1.807, 2.05) is 31.2 Å². The topological polar surface area (TPSA) is 190 Å². The molecule has 15 nitrogen and oxygen atoms in total. The van der Waals surface area contributed by atoms with Crippen LogP contribution in [0.15, 0.2) is 66.3 Å². The highest BCUT2D eigenvalue weighted by Gasteiger charge is 2.53. The monoisotopic (exact) mass is 1150 g/mol. The first-order valence-electron chi connectivity index (χ1n) is 24.3. The van der Waals surface area contributed by atoms with E-state index in [4.69, 9.17) is 21.7 Å². The van der Waals surface area contributed by atoms with Crippen LogP contribution in [-0.2, 0) is 42.8 Å². The molecule has 2 aromatic heterocycles. The molecule has 2 aliphatic heterocycles. The van der Waals surface area contributed by atoms with Crippen molar-refractivity contribution in [3.63, 3.8) is 0 Å². The molecule has 79 heavy (non-hydrogen) atoms. The van der Waals surface area contributed by atoms with Crippen LogP contribution in [0, 0.1) is 41.1 Å². The molecule has 420 valence electrons. The van der Waals surface area contributed by atoms with E-state index in [1.54, 1.807) is 26.3 Å². The largest absolute Gasteiger partial charge is 0.488 e. The Morgan fingerprint density at radius 3 is 2.20 bits per heavy atom. The van der Waals surface area contributed by atoms with Gasteiger partial charge in [0.25, 0.3) is 5.91 Å². The number of hydrogen-bond donors (Lipinski definition) is 3. The Morgan fingerprint density at radius 2 is 1.61 bits per heavy atom. The summed E-state index contributed by atoms with van der Waals surface area (Å²) in [5.74, 6) is -8.67. The second-order valence-electron chi connectivity index (χ2n) is 20.2.